The highest BCUT2D eigenvalue weighted by Crippen LogP contribution is 2.21. The SMILES string of the molecule is Fc1cc2ncccc2c(F)c1C=NNc1ccccc1. The lowest BCUT2D eigenvalue weighted by atomic mass is 10.1. The van der Waals surface area contributed by atoms with E-state index in [0.717, 1.165) is 11.9 Å². The Kier molecular flexibility index (Phi) is 3.55. The molecule has 0 aliphatic carbocycles. The van der Waals surface area contributed by atoms with Gasteiger partial charge in [0.15, 0.2) is 0 Å². The second kappa shape index (κ2) is 5.66. The van der Waals surface area contributed by atoms with Gasteiger partial charge in [-0.05, 0) is 24.3 Å². The first-order valence-electron chi connectivity index (χ1n) is 6.32. The molecule has 1 aromatic heterocycles. The molecule has 0 aliphatic heterocycles. The fraction of sp³-hybridized carbons (Fsp3) is 0. The van der Waals surface area contributed by atoms with Gasteiger partial charge in [-0.2, -0.15) is 5.10 Å². The topological polar surface area (TPSA) is 37.3 Å². The van der Waals surface area contributed by atoms with Crippen LogP contribution in [0.2, 0.25) is 0 Å². The Bertz CT molecular complexity index is 801. The van der Waals surface area contributed by atoms with Crippen LogP contribution >= 0.6 is 0 Å². The molecular weight excluding hydrogens is 272 g/mol. The van der Waals surface area contributed by atoms with Crippen LogP contribution < -0.4 is 5.43 Å². The van der Waals surface area contributed by atoms with E-state index in [2.05, 4.69) is 15.5 Å². The second-order valence-electron chi connectivity index (χ2n) is 4.39. The fourth-order valence-electron chi connectivity index (χ4n) is 1.97. The van der Waals surface area contributed by atoms with Crippen LogP contribution in [-0.2, 0) is 0 Å². The first-order valence-corrected chi connectivity index (χ1v) is 6.32. The number of hydrogen-bond donors (Lipinski definition) is 1. The number of anilines is 1. The molecule has 3 rings (SSSR count). The number of fused-ring (bicyclic) bond motifs is 1. The quantitative estimate of drug-likeness (QED) is 0.583. The number of halogens is 2. The summed E-state index contributed by atoms with van der Waals surface area (Å²) in [6.45, 7) is 0. The zero-order chi connectivity index (χ0) is 14.7. The Morgan fingerprint density at radius 3 is 2.67 bits per heavy atom. The minimum Gasteiger partial charge on any atom is -0.279 e. The van der Waals surface area contributed by atoms with E-state index in [-0.39, 0.29) is 16.5 Å². The summed E-state index contributed by atoms with van der Waals surface area (Å²) in [5.74, 6) is -1.37. The average molecular weight is 283 g/mol. The highest BCUT2D eigenvalue weighted by molar-refractivity contribution is 5.90. The number of benzene rings is 2. The Balaban J connectivity index is 1.93. The highest BCUT2D eigenvalue weighted by Gasteiger charge is 2.12. The van der Waals surface area contributed by atoms with Crippen LogP contribution in [0.1, 0.15) is 5.56 Å². The van der Waals surface area contributed by atoms with E-state index in [0.29, 0.717) is 0 Å². The van der Waals surface area contributed by atoms with Crippen LogP contribution in [0, 0.1) is 11.6 Å². The molecule has 0 bridgehead atoms. The van der Waals surface area contributed by atoms with Crippen molar-refractivity contribution in [1.29, 1.82) is 0 Å². The molecule has 0 spiro atoms. The van der Waals surface area contributed by atoms with E-state index in [1.54, 1.807) is 24.3 Å². The molecule has 0 atom stereocenters. The number of rotatable bonds is 3. The van der Waals surface area contributed by atoms with Gasteiger partial charge in [0, 0.05) is 17.6 Å². The summed E-state index contributed by atoms with van der Waals surface area (Å²) in [5, 5.41) is 4.13. The molecule has 5 heteroatoms. The zero-order valence-corrected chi connectivity index (χ0v) is 10.9. The third-order valence-corrected chi connectivity index (χ3v) is 2.99. The van der Waals surface area contributed by atoms with Crippen molar-refractivity contribution in [1.82, 2.24) is 4.98 Å². The highest BCUT2D eigenvalue weighted by atomic mass is 19.1. The van der Waals surface area contributed by atoms with Gasteiger partial charge in [0.05, 0.1) is 23.0 Å². The van der Waals surface area contributed by atoms with Gasteiger partial charge in [-0.3, -0.25) is 10.4 Å². The molecule has 0 amide bonds. The van der Waals surface area contributed by atoms with Crippen LogP contribution in [0.25, 0.3) is 10.9 Å². The Hall–Kier alpha value is -2.82. The van der Waals surface area contributed by atoms with Gasteiger partial charge in [-0.15, -0.1) is 0 Å². The molecule has 0 saturated carbocycles. The van der Waals surface area contributed by atoms with Crippen molar-refractivity contribution >= 4 is 22.8 Å². The van der Waals surface area contributed by atoms with E-state index < -0.39 is 11.6 Å². The molecule has 104 valence electrons. The zero-order valence-electron chi connectivity index (χ0n) is 10.9. The predicted molar refractivity (Wildman–Crippen MR) is 79.3 cm³/mol. The number of hydrogen-bond acceptors (Lipinski definition) is 3. The van der Waals surface area contributed by atoms with Crippen molar-refractivity contribution in [2.24, 2.45) is 5.10 Å². The smallest absolute Gasteiger partial charge is 0.144 e. The summed E-state index contributed by atoms with van der Waals surface area (Å²) in [6, 6.07) is 13.5. The van der Waals surface area contributed by atoms with Gasteiger partial charge in [0.2, 0.25) is 0 Å². The third kappa shape index (κ3) is 2.72. The standard InChI is InChI=1S/C16H11F2N3/c17-14-9-15-12(7-4-8-19-15)16(18)13(14)10-20-21-11-5-2-1-3-6-11/h1-10,21H. The van der Waals surface area contributed by atoms with E-state index in [1.165, 1.54) is 12.3 Å². The number of pyridine rings is 1. The number of aromatic nitrogens is 1. The lowest BCUT2D eigenvalue weighted by molar-refractivity contribution is 0.588. The van der Waals surface area contributed by atoms with Crippen LogP contribution in [0.15, 0.2) is 59.8 Å². The van der Waals surface area contributed by atoms with Crippen LogP contribution in [0.4, 0.5) is 14.5 Å². The van der Waals surface area contributed by atoms with Crippen LogP contribution in [0.3, 0.4) is 0 Å². The lowest BCUT2D eigenvalue weighted by Gasteiger charge is -2.04. The van der Waals surface area contributed by atoms with Crippen molar-refractivity contribution in [3.8, 4) is 0 Å². The van der Waals surface area contributed by atoms with Gasteiger partial charge in [0.1, 0.15) is 11.6 Å². The van der Waals surface area contributed by atoms with E-state index in [4.69, 9.17) is 0 Å². The summed E-state index contributed by atoms with van der Waals surface area (Å²) in [5.41, 5.74) is 3.53. The average Bonchev–Trinajstić information content (AvgIpc) is 2.51. The maximum Gasteiger partial charge on any atom is 0.144 e. The van der Waals surface area contributed by atoms with Crippen LogP contribution in [0.5, 0.6) is 0 Å². The largest absolute Gasteiger partial charge is 0.279 e. The summed E-state index contributed by atoms with van der Waals surface area (Å²) < 4.78 is 28.2. The van der Waals surface area contributed by atoms with Crippen molar-refractivity contribution in [3.05, 3.63) is 71.9 Å². The molecule has 1 N–H and O–H groups in total. The predicted octanol–water partition coefficient (Wildman–Crippen LogP) is 3.96. The Labute approximate surface area is 120 Å². The molecule has 2 aromatic carbocycles. The number of para-hydroxylation sites is 1. The maximum atomic E-state index is 14.3. The molecule has 1 heterocycles. The first kappa shape index (κ1) is 13.2. The molecule has 21 heavy (non-hydrogen) atoms. The van der Waals surface area contributed by atoms with E-state index >= 15 is 0 Å². The number of nitrogens with one attached hydrogen (secondary N) is 1. The van der Waals surface area contributed by atoms with E-state index in [9.17, 15) is 8.78 Å². The van der Waals surface area contributed by atoms with Gasteiger partial charge in [0.25, 0.3) is 0 Å². The number of hydrazone groups is 1. The first-order chi connectivity index (χ1) is 10.3. The van der Waals surface area contributed by atoms with Crippen molar-refractivity contribution < 1.29 is 8.78 Å². The van der Waals surface area contributed by atoms with Crippen molar-refractivity contribution in [3.63, 3.8) is 0 Å². The molecule has 3 aromatic rings. The molecule has 0 unspecified atom stereocenters. The Morgan fingerprint density at radius 2 is 1.86 bits per heavy atom. The lowest BCUT2D eigenvalue weighted by Crippen LogP contribution is -1.99. The molecule has 0 radical (unpaired) electrons. The monoisotopic (exact) mass is 283 g/mol. The molecule has 3 nitrogen and oxygen atoms in total. The molecule has 0 aliphatic rings. The Morgan fingerprint density at radius 1 is 1.05 bits per heavy atom. The van der Waals surface area contributed by atoms with Crippen LogP contribution in [-0.4, -0.2) is 11.2 Å². The minimum atomic E-state index is -0.697. The summed E-state index contributed by atoms with van der Waals surface area (Å²) in [7, 11) is 0. The molecule has 0 saturated heterocycles. The van der Waals surface area contributed by atoms with Gasteiger partial charge in [-0.25, -0.2) is 8.78 Å². The second-order valence-corrected chi connectivity index (χ2v) is 4.39. The maximum absolute atomic E-state index is 14.3. The minimum absolute atomic E-state index is 0.195. The summed E-state index contributed by atoms with van der Waals surface area (Å²) in [4.78, 5) is 3.93. The fourth-order valence-corrected chi connectivity index (χ4v) is 1.97. The van der Waals surface area contributed by atoms with Gasteiger partial charge >= 0.3 is 0 Å². The van der Waals surface area contributed by atoms with Gasteiger partial charge < -0.3 is 0 Å². The normalized spacial score (nSPS) is 11.1. The molecule has 0 fully saturated rings. The van der Waals surface area contributed by atoms with E-state index in [1.807, 2.05) is 18.2 Å². The molecular formula is C16H11F2N3. The van der Waals surface area contributed by atoms with Crippen molar-refractivity contribution in [2.45, 2.75) is 0 Å². The third-order valence-electron chi connectivity index (χ3n) is 2.99. The number of nitrogens with zero attached hydrogens (tertiary/aromatic N) is 2. The summed E-state index contributed by atoms with van der Waals surface area (Å²) >= 11 is 0. The van der Waals surface area contributed by atoms with Crippen molar-refractivity contribution in [2.75, 3.05) is 5.43 Å². The summed E-state index contributed by atoms with van der Waals surface area (Å²) in [6.07, 6.45) is 2.62. The van der Waals surface area contributed by atoms with Gasteiger partial charge in [-0.1, -0.05) is 18.2 Å².